The molecule has 1 aliphatic heterocycles. The lowest BCUT2D eigenvalue weighted by Crippen LogP contribution is -2.51. The van der Waals surface area contributed by atoms with E-state index in [0.717, 1.165) is 17.3 Å². The molecule has 0 saturated carbocycles. The SMILES string of the molecule is Cc1cc(C)c(CCNC(=O)CN2CCN(C(=O)c3cc4ccccc4[nH]3)CC2)c(C)c1. The Kier molecular flexibility index (Phi) is 6.61. The molecule has 0 bridgehead atoms. The highest BCUT2D eigenvalue weighted by Crippen LogP contribution is 2.18. The number of carbonyl (C=O) groups excluding carboxylic acids is 2. The Morgan fingerprint density at radius 3 is 2.34 bits per heavy atom. The first-order valence-electron chi connectivity index (χ1n) is 11.3. The molecule has 0 atom stereocenters. The van der Waals surface area contributed by atoms with E-state index in [-0.39, 0.29) is 11.8 Å². The highest BCUT2D eigenvalue weighted by Gasteiger charge is 2.24. The van der Waals surface area contributed by atoms with Crippen molar-refractivity contribution in [2.24, 2.45) is 0 Å². The van der Waals surface area contributed by atoms with Crippen LogP contribution in [0.1, 0.15) is 32.7 Å². The predicted octanol–water partition coefficient (Wildman–Crippen LogP) is 3.21. The number of benzene rings is 2. The molecule has 3 aromatic rings. The second-order valence-corrected chi connectivity index (χ2v) is 8.82. The summed E-state index contributed by atoms with van der Waals surface area (Å²) >= 11 is 0. The van der Waals surface area contributed by atoms with Crippen LogP contribution in [-0.2, 0) is 11.2 Å². The molecule has 2 N–H and O–H groups in total. The molecule has 1 fully saturated rings. The molecule has 0 spiro atoms. The summed E-state index contributed by atoms with van der Waals surface area (Å²) in [5.41, 5.74) is 6.76. The maximum atomic E-state index is 12.8. The fourth-order valence-corrected chi connectivity index (χ4v) is 4.66. The molecule has 32 heavy (non-hydrogen) atoms. The Morgan fingerprint density at radius 2 is 1.66 bits per heavy atom. The van der Waals surface area contributed by atoms with E-state index >= 15 is 0 Å². The van der Waals surface area contributed by atoms with Gasteiger partial charge in [-0.1, -0.05) is 35.9 Å². The van der Waals surface area contributed by atoms with E-state index in [1.54, 1.807) is 0 Å². The largest absolute Gasteiger partial charge is 0.355 e. The van der Waals surface area contributed by atoms with Crippen LogP contribution in [0.15, 0.2) is 42.5 Å². The Hall–Kier alpha value is -3.12. The van der Waals surface area contributed by atoms with Crippen molar-refractivity contribution in [2.75, 3.05) is 39.3 Å². The first-order valence-corrected chi connectivity index (χ1v) is 11.3. The van der Waals surface area contributed by atoms with Crippen LogP contribution in [0.25, 0.3) is 10.9 Å². The fraction of sp³-hybridized carbons (Fsp3) is 0.385. The Balaban J connectivity index is 1.22. The molecule has 1 aromatic heterocycles. The number of hydrogen-bond donors (Lipinski definition) is 2. The molecule has 2 aromatic carbocycles. The maximum Gasteiger partial charge on any atom is 0.270 e. The van der Waals surface area contributed by atoms with E-state index in [4.69, 9.17) is 0 Å². The van der Waals surface area contributed by atoms with E-state index in [1.165, 1.54) is 22.3 Å². The van der Waals surface area contributed by atoms with Gasteiger partial charge in [-0.25, -0.2) is 0 Å². The second-order valence-electron chi connectivity index (χ2n) is 8.82. The molecular weight excluding hydrogens is 400 g/mol. The lowest BCUT2D eigenvalue weighted by Gasteiger charge is -2.34. The molecule has 0 aliphatic carbocycles. The molecule has 6 heteroatoms. The smallest absolute Gasteiger partial charge is 0.270 e. The van der Waals surface area contributed by atoms with Gasteiger partial charge in [-0.15, -0.1) is 0 Å². The van der Waals surface area contributed by atoms with Crippen LogP contribution < -0.4 is 5.32 Å². The molecule has 168 valence electrons. The van der Waals surface area contributed by atoms with Gasteiger partial charge in [0.1, 0.15) is 5.69 Å². The number of hydrogen-bond acceptors (Lipinski definition) is 3. The van der Waals surface area contributed by atoms with Gasteiger partial charge in [-0.05, 0) is 56.0 Å². The number of aromatic nitrogens is 1. The number of nitrogens with one attached hydrogen (secondary N) is 2. The molecule has 2 amide bonds. The summed E-state index contributed by atoms with van der Waals surface area (Å²) in [4.78, 5) is 32.5. The topological polar surface area (TPSA) is 68.4 Å². The van der Waals surface area contributed by atoms with Crippen molar-refractivity contribution in [3.05, 3.63) is 70.4 Å². The summed E-state index contributed by atoms with van der Waals surface area (Å²) < 4.78 is 0. The summed E-state index contributed by atoms with van der Waals surface area (Å²) in [6.45, 7) is 10.1. The predicted molar refractivity (Wildman–Crippen MR) is 128 cm³/mol. The fourth-order valence-electron chi connectivity index (χ4n) is 4.66. The van der Waals surface area contributed by atoms with Crippen LogP contribution >= 0.6 is 0 Å². The first-order chi connectivity index (χ1) is 15.4. The third kappa shape index (κ3) is 5.02. The van der Waals surface area contributed by atoms with Crippen LogP contribution in [0.4, 0.5) is 0 Å². The maximum absolute atomic E-state index is 12.8. The second kappa shape index (κ2) is 9.57. The minimum absolute atomic E-state index is 0.0224. The van der Waals surface area contributed by atoms with Crippen molar-refractivity contribution in [1.82, 2.24) is 20.1 Å². The van der Waals surface area contributed by atoms with Gasteiger partial charge in [0.05, 0.1) is 6.54 Å². The van der Waals surface area contributed by atoms with Gasteiger partial charge in [0, 0.05) is 43.6 Å². The monoisotopic (exact) mass is 432 g/mol. The number of amides is 2. The number of rotatable bonds is 6. The number of piperazine rings is 1. The zero-order chi connectivity index (χ0) is 22.7. The van der Waals surface area contributed by atoms with Gasteiger partial charge < -0.3 is 15.2 Å². The standard InChI is InChI=1S/C26H32N4O2/c1-18-14-19(2)22(20(3)15-18)8-9-27-25(31)17-29-10-12-30(13-11-29)26(32)24-16-21-6-4-5-7-23(21)28-24/h4-7,14-16,28H,8-13,17H2,1-3H3,(H,27,31). The van der Waals surface area contributed by atoms with Gasteiger partial charge >= 0.3 is 0 Å². The van der Waals surface area contributed by atoms with E-state index in [1.807, 2.05) is 35.2 Å². The van der Waals surface area contributed by atoms with Crippen LogP contribution in [-0.4, -0.2) is 65.9 Å². The zero-order valence-electron chi connectivity index (χ0n) is 19.2. The van der Waals surface area contributed by atoms with E-state index in [0.29, 0.717) is 45.0 Å². The molecule has 0 unspecified atom stereocenters. The lowest BCUT2D eigenvalue weighted by atomic mass is 9.97. The summed E-state index contributed by atoms with van der Waals surface area (Å²) in [7, 11) is 0. The van der Waals surface area contributed by atoms with Crippen molar-refractivity contribution >= 4 is 22.7 Å². The van der Waals surface area contributed by atoms with E-state index in [9.17, 15) is 9.59 Å². The number of H-pyrrole nitrogens is 1. The zero-order valence-corrected chi connectivity index (χ0v) is 19.2. The number of nitrogens with zero attached hydrogens (tertiary/aromatic N) is 2. The first kappa shape index (κ1) is 22.1. The molecule has 1 aliphatic rings. The molecule has 1 saturated heterocycles. The van der Waals surface area contributed by atoms with Crippen LogP contribution in [0.3, 0.4) is 0 Å². The highest BCUT2D eigenvalue weighted by atomic mass is 16.2. The lowest BCUT2D eigenvalue weighted by molar-refractivity contribution is -0.122. The Morgan fingerprint density at radius 1 is 0.969 bits per heavy atom. The van der Waals surface area contributed by atoms with Gasteiger partial charge in [0.15, 0.2) is 0 Å². The quantitative estimate of drug-likeness (QED) is 0.629. The number of fused-ring (bicyclic) bond motifs is 1. The van der Waals surface area contributed by atoms with Gasteiger partial charge in [-0.2, -0.15) is 0 Å². The van der Waals surface area contributed by atoms with E-state index < -0.39 is 0 Å². The summed E-state index contributed by atoms with van der Waals surface area (Å²) in [6.07, 6.45) is 0.844. The summed E-state index contributed by atoms with van der Waals surface area (Å²) in [5.74, 6) is 0.0666. The van der Waals surface area contributed by atoms with Crippen molar-refractivity contribution in [1.29, 1.82) is 0 Å². The molecule has 4 rings (SSSR count). The normalized spacial score (nSPS) is 14.7. The van der Waals surface area contributed by atoms with Crippen molar-refractivity contribution in [3.63, 3.8) is 0 Å². The van der Waals surface area contributed by atoms with Crippen LogP contribution in [0.5, 0.6) is 0 Å². The number of aromatic amines is 1. The Labute approximate surface area is 189 Å². The Bertz CT molecular complexity index is 1070. The molecule has 0 radical (unpaired) electrons. The van der Waals surface area contributed by atoms with Gasteiger partial charge in [0.25, 0.3) is 5.91 Å². The van der Waals surface area contributed by atoms with Gasteiger partial charge in [0.2, 0.25) is 5.91 Å². The number of aryl methyl sites for hydroxylation is 3. The number of para-hydroxylation sites is 1. The van der Waals surface area contributed by atoms with Crippen molar-refractivity contribution < 1.29 is 9.59 Å². The third-order valence-corrected chi connectivity index (χ3v) is 6.32. The minimum atomic E-state index is 0.0224. The van der Waals surface area contributed by atoms with E-state index in [2.05, 4.69) is 48.1 Å². The molecular formula is C26H32N4O2. The molecule has 6 nitrogen and oxygen atoms in total. The van der Waals surface area contributed by atoms with Crippen LogP contribution in [0.2, 0.25) is 0 Å². The minimum Gasteiger partial charge on any atom is -0.355 e. The highest BCUT2D eigenvalue weighted by molar-refractivity contribution is 5.98. The third-order valence-electron chi connectivity index (χ3n) is 6.32. The van der Waals surface area contributed by atoms with Crippen molar-refractivity contribution in [3.8, 4) is 0 Å². The van der Waals surface area contributed by atoms with Crippen molar-refractivity contribution in [2.45, 2.75) is 27.2 Å². The summed E-state index contributed by atoms with van der Waals surface area (Å²) in [6, 6.07) is 14.2. The average Bonchev–Trinajstić information content (AvgIpc) is 3.20. The summed E-state index contributed by atoms with van der Waals surface area (Å²) in [5, 5.41) is 4.10. The number of carbonyl (C=O) groups is 2. The molecule has 2 heterocycles. The van der Waals surface area contributed by atoms with Crippen LogP contribution in [0, 0.1) is 20.8 Å². The average molecular weight is 433 g/mol. The van der Waals surface area contributed by atoms with Gasteiger partial charge in [-0.3, -0.25) is 14.5 Å².